The Balaban J connectivity index is 2.18. The van der Waals surface area contributed by atoms with Crippen molar-refractivity contribution in [1.29, 1.82) is 0 Å². The molecule has 3 nitrogen and oxygen atoms in total. The van der Waals surface area contributed by atoms with Crippen molar-refractivity contribution in [3.8, 4) is 16.9 Å². The molecule has 0 saturated carbocycles. The number of amides is 1. The first kappa shape index (κ1) is 18.3. The van der Waals surface area contributed by atoms with Crippen LogP contribution in [-0.4, -0.2) is 16.5 Å². The van der Waals surface area contributed by atoms with Gasteiger partial charge in [0, 0.05) is 11.7 Å². The molecule has 1 atom stereocenters. The Morgan fingerprint density at radius 3 is 2.42 bits per heavy atom. The third kappa shape index (κ3) is 3.54. The third-order valence-corrected chi connectivity index (χ3v) is 4.96. The normalized spacial score (nSPS) is 12.0. The maximum absolute atomic E-state index is 12.8. The minimum absolute atomic E-state index is 0.0557. The molecule has 1 aromatic heterocycles. The van der Waals surface area contributed by atoms with Gasteiger partial charge in [-0.25, -0.2) is 0 Å². The molecule has 134 valence electrons. The highest BCUT2D eigenvalue weighted by molar-refractivity contribution is 6.32. The van der Waals surface area contributed by atoms with Gasteiger partial charge in [-0.2, -0.15) is 0 Å². The zero-order valence-corrected chi connectivity index (χ0v) is 16.0. The van der Waals surface area contributed by atoms with Gasteiger partial charge in [0.2, 0.25) is 0 Å². The van der Waals surface area contributed by atoms with Gasteiger partial charge in [0.15, 0.2) is 0 Å². The Labute approximate surface area is 159 Å². The Morgan fingerprint density at radius 2 is 1.77 bits per heavy atom. The first-order chi connectivity index (χ1) is 12.5. The van der Waals surface area contributed by atoms with E-state index in [1.165, 1.54) is 0 Å². The largest absolute Gasteiger partial charge is 0.350 e. The zero-order chi connectivity index (χ0) is 18.7. The number of para-hydroxylation sites is 1. The summed E-state index contributed by atoms with van der Waals surface area (Å²) in [5.74, 6) is -0.0557. The number of carbonyl (C=O) groups is 1. The molecule has 3 aromatic rings. The van der Waals surface area contributed by atoms with Gasteiger partial charge in [0.1, 0.15) is 0 Å². The molecule has 0 spiro atoms. The van der Waals surface area contributed by atoms with Crippen LogP contribution < -0.4 is 5.32 Å². The van der Waals surface area contributed by atoms with Crippen LogP contribution in [0.25, 0.3) is 16.9 Å². The number of nitrogens with one attached hydrogen (secondary N) is 1. The molecule has 1 heterocycles. The molecule has 2 aromatic carbocycles. The van der Waals surface area contributed by atoms with E-state index < -0.39 is 0 Å². The average molecular weight is 367 g/mol. The van der Waals surface area contributed by atoms with Gasteiger partial charge in [0.25, 0.3) is 5.91 Å². The summed E-state index contributed by atoms with van der Waals surface area (Å²) in [5.41, 5.74) is 4.40. The van der Waals surface area contributed by atoms with Crippen molar-refractivity contribution >= 4 is 17.5 Å². The Kier molecular flexibility index (Phi) is 5.48. The number of aromatic nitrogens is 1. The number of rotatable bonds is 5. The summed E-state index contributed by atoms with van der Waals surface area (Å²) >= 11 is 6.46. The molecule has 4 heteroatoms. The summed E-state index contributed by atoms with van der Waals surface area (Å²) < 4.78 is 2.06. The second-order valence-electron chi connectivity index (χ2n) is 6.46. The minimum atomic E-state index is -0.0557. The highest BCUT2D eigenvalue weighted by Crippen LogP contribution is 2.32. The van der Waals surface area contributed by atoms with Crippen LogP contribution in [0.2, 0.25) is 5.02 Å². The fraction of sp³-hybridized carbons (Fsp3) is 0.227. The molecule has 0 radical (unpaired) electrons. The van der Waals surface area contributed by atoms with Gasteiger partial charge in [0.05, 0.1) is 22.0 Å². The maximum Gasteiger partial charge on any atom is 0.253 e. The van der Waals surface area contributed by atoms with Crippen molar-refractivity contribution in [2.45, 2.75) is 33.2 Å². The Hall–Kier alpha value is -2.52. The van der Waals surface area contributed by atoms with E-state index in [0.717, 1.165) is 29.1 Å². The molecule has 26 heavy (non-hydrogen) atoms. The number of halogens is 1. The number of hydrogen-bond acceptors (Lipinski definition) is 1. The minimum Gasteiger partial charge on any atom is -0.350 e. The van der Waals surface area contributed by atoms with Crippen LogP contribution in [0, 0.1) is 6.92 Å². The fourth-order valence-electron chi connectivity index (χ4n) is 3.01. The molecule has 0 aliphatic heterocycles. The topological polar surface area (TPSA) is 34.0 Å². The van der Waals surface area contributed by atoms with Crippen LogP contribution in [0.15, 0.2) is 60.7 Å². The summed E-state index contributed by atoms with van der Waals surface area (Å²) in [7, 11) is 0. The fourth-order valence-corrected chi connectivity index (χ4v) is 3.23. The van der Waals surface area contributed by atoms with Crippen LogP contribution in [0.4, 0.5) is 0 Å². The second kappa shape index (κ2) is 7.79. The summed E-state index contributed by atoms with van der Waals surface area (Å²) in [6.07, 6.45) is 0.890. The van der Waals surface area contributed by atoms with Crippen LogP contribution in [0.5, 0.6) is 0 Å². The van der Waals surface area contributed by atoms with E-state index in [-0.39, 0.29) is 11.9 Å². The Bertz CT molecular complexity index is 915. The lowest BCUT2D eigenvalue weighted by molar-refractivity contribution is 0.0938. The first-order valence-corrected chi connectivity index (χ1v) is 9.24. The van der Waals surface area contributed by atoms with Crippen molar-refractivity contribution in [2.75, 3.05) is 0 Å². The van der Waals surface area contributed by atoms with Crippen LogP contribution >= 0.6 is 11.6 Å². The zero-order valence-electron chi connectivity index (χ0n) is 15.3. The molecular weight excluding hydrogens is 344 g/mol. The number of nitrogens with zero attached hydrogens (tertiary/aromatic N) is 1. The van der Waals surface area contributed by atoms with Gasteiger partial charge >= 0.3 is 0 Å². The maximum atomic E-state index is 12.8. The number of benzene rings is 2. The van der Waals surface area contributed by atoms with Gasteiger partial charge < -0.3 is 9.88 Å². The van der Waals surface area contributed by atoms with Crippen molar-refractivity contribution < 1.29 is 4.79 Å². The first-order valence-electron chi connectivity index (χ1n) is 8.86. The molecule has 0 fully saturated rings. The van der Waals surface area contributed by atoms with Gasteiger partial charge in [-0.05, 0) is 44.0 Å². The second-order valence-corrected chi connectivity index (χ2v) is 6.87. The van der Waals surface area contributed by atoms with Crippen LogP contribution in [0.3, 0.4) is 0 Å². The van der Waals surface area contributed by atoms with Crippen LogP contribution in [-0.2, 0) is 0 Å². The molecule has 3 rings (SSSR count). The molecular formula is C22H23ClN2O. The number of hydrogen-bond donors (Lipinski definition) is 1. The number of carbonyl (C=O) groups excluding carboxylic acids is 1. The molecule has 0 saturated heterocycles. The van der Waals surface area contributed by atoms with Crippen molar-refractivity contribution in [2.24, 2.45) is 0 Å². The lowest BCUT2D eigenvalue weighted by Gasteiger charge is -2.14. The average Bonchev–Trinajstić information content (AvgIpc) is 3.00. The quantitative estimate of drug-likeness (QED) is 0.623. The SMILES string of the molecule is CCC(C)NC(=O)c1cc(-c2ccccc2)n(-c2ccccc2Cl)c1C. The van der Waals surface area contributed by atoms with Gasteiger partial charge in [-0.1, -0.05) is 61.0 Å². The molecule has 0 aliphatic carbocycles. The summed E-state index contributed by atoms with van der Waals surface area (Å²) in [6, 6.07) is 19.8. The lowest BCUT2D eigenvalue weighted by Crippen LogP contribution is -2.32. The van der Waals surface area contributed by atoms with E-state index in [0.29, 0.717) is 10.6 Å². The smallest absolute Gasteiger partial charge is 0.253 e. The summed E-state index contributed by atoms with van der Waals surface area (Å²) in [4.78, 5) is 12.8. The molecule has 1 N–H and O–H groups in total. The Morgan fingerprint density at radius 1 is 1.12 bits per heavy atom. The molecule has 0 aliphatic rings. The van der Waals surface area contributed by atoms with E-state index in [9.17, 15) is 4.79 Å². The van der Waals surface area contributed by atoms with Gasteiger partial charge in [-0.15, -0.1) is 0 Å². The van der Waals surface area contributed by atoms with Gasteiger partial charge in [-0.3, -0.25) is 4.79 Å². The standard InChI is InChI=1S/C22H23ClN2O/c1-4-15(2)24-22(26)18-14-21(17-10-6-5-7-11-17)25(16(18)3)20-13-9-8-12-19(20)23/h5-15H,4H2,1-3H3,(H,24,26). The van der Waals surface area contributed by atoms with E-state index in [1.807, 2.05) is 74.5 Å². The lowest BCUT2D eigenvalue weighted by atomic mass is 10.1. The molecule has 1 unspecified atom stereocenters. The third-order valence-electron chi connectivity index (χ3n) is 4.64. The molecule has 1 amide bonds. The molecule has 0 bridgehead atoms. The van der Waals surface area contributed by atoms with E-state index in [1.54, 1.807) is 0 Å². The monoisotopic (exact) mass is 366 g/mol. The van der Waals surface area contributed by atoms with E-state index in [4.69, 9.17) is 11.6 Å². The highest BCUT2D eigenvalue weighted by Gasteiger charge is 2.21. The predicted molar refractivity (Wildman–Crippen MR) is 108 cm³/mol. The van der Waals surface area contributed by atoms with Crippen molar-refractivity contribution in [3.05, 3.63) is 76.9 Å². The predicted octanol–water partition coefficient (Wildman–Crippen LogP) is 5.63. The van der Waals surface area contributed by atoms with Crippen LogP contribution in [0.1, 0.15) is 36.3 Å². The van der Waals surface area contributed by atoms with E-state index >= 15 is 0 Å². The van der Waals surface area contributed by atoms with E-state index in [2.05, 4.69) is 16.8 Å². The van der Waals surface area contributed by atoms with Crippen molar-refractivity contribution in [1.82, 2.24) is 9.88 Å². The summed E-state index contributed by atoms with van der Waals surface area (Å²) in [5, 5.41) is 3.71. The highest BCUT2D eigenvalue weighted by atomic mass is 35.5. The van der Waals surface area contributed by atoms with Crippen molar-refractivity contribution in [3.63, 3.8) is 0 Å². The summed E-state index contributed by atoms with van der Waals surface area (Å²) in [6.45, 7) is 6.03.